The van der Waals surface area contributed by atoms with Crippen LogP contribution in [0, 0.1) is 0 Å². The van der Waals surface area contributed by atoms with Crippen LogP contribution in [0.4, 0.5) is 5.69 Å². The van der Waals surface area contributed by atoms with Gasteiger partial charge in [-0.3, -0.25) is 4.68 Å². The first kappa shape index (κ1) is 11.8. The van der Waals surface area contributed by atoms with E-state index in [2.05, 4.69) is 33.4 Å². The quantitative estimate of drug-likeness (QED) is 0.753. The smallest absolute Gasteiger partial charge is 0.137 e. The molecule has 0 fully saturated rings. The molecule has 0 aromatic carbocycles. The topological polar surface area (TPSA) is 58.5 Å². The van der Waals surface area contributed by atoms with E-state index in [1.54, 1.807) is 6.20 Å². The van der Waals surface area contributed by atoms with Gasteiger partial charge in [0.1, 0.15) is 5.65 Å². The molecule has 3 rings (SSSR count). The summed E-state index contributed by atoms with van der Waals surface area (Å²) in [5.41, 5.74) is 4.35. The Hall–Kier alpha value is -2.30. The van der Waals surface area contributed by atoms with Crippen LogP contribution in [0.5, 0.6) is 0 Å². The third-order valence-electron chi connectivity index (χ3n) is 3.25. The molecular weight excluding hydrogens is 238 g/mol. The Balaban J connectivity index is 1.82. The molecule has 0 unspecified atom stereocenters. The number of rotatable bonds is 4. The summed E-state index contributed by atoms with van der Waals surface area (Å²) < 4.78 is 1.85. The van der Waals surface area contributed by atoms with Crippen molar-refractivity contribution in [2.75, 3.05) is 5.32 Å². The van der Waals surface area contributed by atoms with Gasteiger partial charge in [-0.15, -0.1) is 0 Å². The number of aryl methyl sites for hydroxylation is 2. The number of nitrogens with one attached hydrogen (secondary N) is 2. The summed E-state index contributed by atoms with van der Waals surface area (Å²) in [4.78, 5) is 7.48. The minimum absolute atomic E-state index is 0.768. The summed E-state index contributed by atoms with van der Waals surface area (Å²) >= 11 is 0. The zero-order chi connectivity index (χ0) is 13.2. The zero-order valence-corrected chi connectivity index (χ0v) is 11.1. The molecule has 0 amide bonds. The maximum Gasteiger partial charge on any atom is 0.137 e. The minimum atomic E-state index is 0.768. The molecule has 0 aliphatic rings. The van der Waals surface area contributed by atoms with Crippen molar-refractivity contribution >= 4 is 16.7 Å². The van der Waals surface area contributed by atoms with E-state index in [-0.39, 0.29) is 0 Å². The molecule has 0 atom stereocenters. The number of pyridine rings is 1. The Labute approximate surface area is 111 Å². The molecule has 3 aromatic rings. The van der Waals surface area contributed by atoms with Gasteiger partial charge in [0.05, 0.1) is 11.4 Å². The number of H-pyrrole nitrogens is 1. The third-order valence-corrected chi connectivity index (χ3v) is 3.25. The maximum atomic E-state index is 4.43. The van der Waals surface area contributed by atoms with Crippen LogP contribution in [0.3, 0.4) is 0 Å². The normalized spacial score (nSPS) is 11.1. The lowest BCUT2D eigenvalue weighted by molar-refractivity contribution is 0.746. The molecule has 0 aliphatic heterocycles. The molecule has 0 radical (unpaired) electrons. The fraction of sp³-hybridized carbons (Fsp3) is 0.286. The van der Waals surface area contributed by atoms with Crippen LogP contribution in [0.2, 0.25) is 0 Å². The van der Waals surface area contributed by atoms with Crippen LogP contribution < -0.4 is 5.32 Å². The van der Waals surface area contributed by atoms with E-state index in [1.807, 2.05) is 30.2 Å². The van der Waals surface area contributed by atoms with Crippen molar-refractivity contribution in [3.05, 3.63) is 42.0 Å². The van der Waals surface area contributed by atoms with Crippen molar-refractivity contribution in [1.29, 1.82) is 0 Å². The van der Waals surface area contributed by atoms with Crippen molar-refractivity contribution in [2.24, 2.45) is 7.05 Å². The van der Waals surface area contributed by atoms with Gasteiger partial charge in [0, 0.05) is 37.6 Å². The highest BCUT2D eigenvalue weighted by Gasteiger charge is 2.07. The molecule has 0 bridgehead atoms. The van der Waals surface area contributed by atoms with Crippen LogP contribution in [0.1, 0.15) is 18.2 Å². The molecule has 0 saturated heterocycles. The SMILES string of the molecule is CCc1nn(C)cc1NCc1c[nH]c2ncccc12. The second kappa shape index (κ2) is 4.76. The van der Waals surface area contributed by atoms with Gasteiger partial charge in [-0.1, -0.05) is 6.92 Å². The molecule has 19 heavy (non-hydrogen) atoms. The summed E-state index contributed by atoms with van der Waals surface area (Å²) in [7, 11) is 1.94. The van der Waals surface area contributed by atoms with Crippen molar-refractivity contribution in [3.63, 3.8) is 0 Å². The van der Waals surface area contributed by atoms with E-state index >= 15 is 0 Å². The highest BCUT2D eigenvalue weighted by atomic mass is 15.3. The van der Waals surface area contributed by atoms with Gasteiger partial charge in [-0.25, -0.2) is 4.98 Å². The third kappa shape index (κ3) is 2.19. The summed E-state index contributed by atoms with van der Waals surface area (Å²) in [6.45, 7) is 2.88. The molecule has 3 aromatic heterocycles. The number of anilines is 1. The van der Waals surface area contributed by atoms with Crippen LogP contribution in [0.25, 0.3) is 11.0 Å². The van der Waals surface area contributed by atoms with Crippen molar-refractivity contribution in [3.8, 4) is 0 Å². The van der Waals surface area contributed by atoms with Gasteiger partial charge in [0.2, 0.25) is 0 Å². The van der Waals surface area contributed by atoms with Gasteiger partial charge >= 0.3 is 0 Å². The van der Waals surface area contributed by atoms with Crippen molar-refractivity contribution in [2.45, 2.75) is 19.9 Å². The average molecular weight is 255 g/mol. The van der Waals surface area contributed by atoms with Crippen LogP contribution in [-0.4, -0.2) is 19.7 Å². The zero-order valence-electron chi connectivity index (χ0n) is 11.1. The fourth-order valence-corrected chi connectivity index (χ4v) is 2.29. The second-order valence-corrected chi connectivity index (χ2v) is 4.58. The lowest BCUT2D eigenvalue weighted by Crippen LogP contribution is -2.00. The van der Waals surface area contributed by atoms with E-state index in [1.165, 1.54) is 5.56 Å². The average Bonchev–Trinajstić information content (AvgIpc) is 2.99. The van der Waals surface area contributed by atoms with Crippen LogP contribution in [-0.2, 0) is 20.0 Å². The predicted octanol–water partition coefficient (Wildman–Crippen LogP) is 2.47. The molecule has 5 nitrogen and oxygen atoms in total. The van der Waals surface area contributed by atoms with E-state index in [0.29, 0.717) is 0 Å². The number of hydrogen-bond acceptors (Lipinski definition) is 3. The summed E-state index contributed by atoms with van der Waals surface area (Å²) in [5, 5.41) is 9.04. The van der Waals surface area contributed by atoms with E-state index in [0.717, 1.165) is 35.4 Å². The summed E-state index contributed by atoms with van der Waals surface area (Å²) in [6, 6.07) is 4.04. The first-order valence-electron chi connectivity index (χ1n) is 6.45. The Morgan fingerprint density at radius 3 is 3.16 bits per heavy atom. The number of hydrogen-bond donors (Lipinski definition) is 2. The Morgan fingerprint density at radius 2 is 2.32 bits per heavy atom. The Kier molecular flexibility index (Phi) is 2.95. The predicted molar refractivity (Wildman–Crippen MR) is 76.0 cm³/mol. The lowest BCUT2D eigenvalue weighted by Gasteiger charge is -2.04. The molecular formula is C14H17N5. The molecule has 98 valence electrons. The van der Waals surface area contributed by atoms with Crippen molar-refractivity contribution in [1.82, 2.24) is 19.7 Å². The highest BCUT2D eigenvalue weighted by molar-refractivity contribution is 5.79. The van der Waals surface area contributed by atoms with Gasteiger partial charge in [-0.2, -0.15) is 5.10 Å². The first-order chi connectivity index (χ1) is 9.28. The standard InChI is InChI=1S/C14H17N5/c1-3-12-13(9-19(2)18-12)16-7-10-8-17-14-11(10)5-4-6-15-14/h4-6,8-9,16H,3,7H2,1-2H3,(H,15,17). The van der Waals surface area contributed by atoms with E-state index in [9.17, 15) is 0 Å². The molecule has 0 spiro atoms. The highest BCUT2D eigenvalue weighted by Crippen LogP contribution is 2.19. The lowest BCUT2D eigenvalue weighted by atomic mass is 10.2. The van der Waals surface area contributed by atoms with Gasteiger partial charge in [0.15, 0.2) is 0 Å². The molecule has 3 heterocycles. The molecule has 0 saturated carbocycles. The number of nitrogens with zero attached hydrogens (tertiary/aromatic N) is 3. The second-order valence-electron chi connectivity index (χ2n) is 4.58. The van der Waals surface area contributed by atoms with Crippen LogP contribution >= 0.6 is 0 Å². The number of aromatic amines is 1. The number of fused-ring (bicyclic) bond motifs is 1. The molecule has 2 N–H and O–H groups in total. The molecule has 5 heteroatoms. The summed E-state index contributed by atoms with van der Waals surface area (Å²) in [6.07, 6.45) is 6.75. The largest absolute Gasteiger partial charge is 0.378 e. The first-order valence-corrected chi connectivity index (χ1v) is 6.45. The van der Waals surface area contributed by atoms with Gasteiger partial charge in [0.25, 0.3) is 0 Å². The monoisotopic (exact) mass is 255 g/mol. The van der Waals surface area contributed by atoms with E-state index in [4.69, 9.17) is 0 Å². The van der Waals surface area contributed by atoms with Gasteiger partial charge in [-0.05, 0) is 24.1 Å². The van der Waals surface area contributed by atoms with Gasteiger partial charge < -0.3 is 10.3 Å². The Morgan fingerprint density at radius 1 is 1.42 bits per heavy atom. The fourth-order valence-electron chi connectivity index (χ4n) is 2.29. The maximum absolute atomic E-state index is 4.43. The van der Waals surface area contributed by atoms with Crippen LogP contribution in [0.15, 0.2) is 30.7 Å². The summed E-state index contributed by atoms with van der Waals surface area (Å²) in [5.74, 6) is 0. The van der Waals surface area contributed by atoms with E-state index < -0.39 is 0 Å². The molecule has 0 aliphatic carbocycles. The van der Waals surface area contributed by atoms with Crippen molar-refractivity contribution < 1.29 is 0 Å². The minimum Gasteiger partial charge on any atom is -0.378 e. The number of aromatic nitrogens is 4. The Bertz CT molecular complexity index is 695.